The molecule has 0 N–H and O–H groups in total. The molecule has 4 heteroatoms. The van der Waals surface area contributed by atoms with Gasteiger partial charge in [0.05, 0.1) is 18.1 Å². The lowest BCUT2D eigenvalue weighted by Crippen LogP contribution is -2.27. The third kappa shape index (κ3) is 3.92. The number of fused-ring (bicyclic) bond motifs is 2. The molecule has 0 amide bonds. The van der Waals surface area contributed by atoms with Crippen LogP contribution in [0, 0.1) is 0 Å². The van der Waals surface area contributed by atoms with E-state index in [1.165, 1.54) is 41.0 Å². The van der Waals surface area contributed by atoms with Gasteiger partial charge in [0.25, 0.3) is 0 Å². The second kappa shape index (κ2) is 8.88. The lowest BCUT2D eigenvalue weighted by molar-refractivity contribution is -0.401. The van der Waals surface area contributed by atoms with Gasteiger partial charge in [-0.2, -0.15) is 4.58 Å². The van der Waals surface area contributed by atoms with Crippen LogP contribution in [0.1, 0.15) is 54.7 Å². The van der Waals surface area contributed by atoms with Gasteiger partial charge in [0.1, 0.15) is 7.05 Å². The second-order valence-corrected chi connectivity index (χ2v) is 11.0. The third-order valence-electron chi connectivity index (χ3n) is 8.10. The van der Waals surface area contributed by atoms with E-state index in [1.807, 2.05) is 24.3 Å². The Morgan fingerprint density at radius 1 is 0.838 bits per heavy atom. The molecule has 0 spiro atoms. The first kappa shape index (κ1) is 24.8. The van der Waals surface area contributed by atoms with E-state index in [2.05, 4.69) is 112 Å². The number of para-hydroxylation sites is 2. The molecule has 3 aromatic rings. The van der Waals surface area contributed by atoms with Crippen molar-refractivity contribution in [2.24, 2.45) is 0 Å². The van der Waals surface area contributed by atoms with Crippen LogP contribution >= 0.6 is 0 Å². The van der Waals surface area contributed by atoms with Crippen LogP contribution in [0.2, 0.25) is 0 Å². The number of benzene rings is 3. The van der Waals surface area contributed by atoms with Crippen molar-refractivity contribution < 1.29 is 14.1 Å². The summed E-state index contributed by atoms with van der Waals surface area (Å²) >= 11 is 0. The molecule has 2 heterocycles. The van der Waals surface area contributed by atoms with Crippen LogP contribution in [0.25, 0.3) is 5.57 Å². The summed E-state index contributed by atoms with van der Waals surface area (Å²) in [5.74, 6) is -0.330. The number of carbonyl (C=O) groups excluding carboxylic acids is 1. The molecule has 188 valence electrons. The molecule has 0 aromatic heterocycles. The lowest BCUT2D eigenvalue weighted by atomic mass is 9.80. The Hall–Kier alpha value is -3.92. The molecule has 0 saturated carbocycles. The molecule has 3 aromatic carbocycles. The quantitative estimate of drug-likeness (QED) is 0.295. The highest BCUT2D eigenvalue weighted by Gasteiger charge is 2.43. The maximum Gasteiger partial charge on any atom is 0.337 e. The van der Waals surface area contributed by atoms with Crippen molar-refractivity contribution in [3.05, 3.63) is 113 Å². The Bertz CT molecular complexity index is 1490. The van der Waals surface area contributed by atoms with E-state index < -0.39 is 0 Å². The van der Waals surface area contributed by atoms with Gasteiger partial charge in [0.15, 0.2) is 5.71 Å². The van der Waals surface area contributed by atoms with Crippen LogP contribution in [0.3, 0.4) is 0 Å². The van der Waals surface area contributed by atoms with Crippen molar-refractivity contribution in [2.45, 2.75) is 38.5 Å². The average Bonchev–Trinajstić information content (AvgIpc) is 3.22. The van der Waals surface area contributed by atoms with Crippen molar-refractivity contribution in [2.75, 3.05) is 26.1 Å². The largest absolute Gasteiger partial charge is 0.465 e. The van der Waals surface area contributed by atoms with Gasteiger partial charge in [-0.05, 0) is 54.8 Å². The van der Waals surface area contributed by atoms with Crippen molar-refractivity contribution in [1.82, 2.24) is 0 Å². The molecule has 0 fully saturated rings. The molecule has 0 atom stereocenters. The molecule has 0 saturated heterocycles. The van der Waals surface area contributed by atoms with E-state index in [4.69, 9.17) is 4.74 Å². The summed E-state index contributed by atoms with van der Waals surface area (Å²) in [7, 11) is 5.70. The van der Waals surface area contributed by atoms with Gasteiger partial charge < -0.3 is 9.64 Å². The van der Waals surface area contributed by atoms with Crippen LogP contribution in [0.15, 0.2) is 90.6 Å². The fourth-order valence-electron chi connectivity index (χ4n) is 5.94. The van der Waals surface area contributed by atoms with E-state index in [1.54, 1.807) is 0 Å². The first-order chi connectivity index (χ1) is 17.6. The number of nitrogens with zero attached hydrogens (tertiary/aromatic N) is 2. The first-order valence-electron chi connectivity index (χ1n) is 12.7. The number of likely N-dealkylation sites (N-methyl/N-ethyl adjacent to an activating group) is 1. The Kier molecular flexibility index (Phi) is 5.94. The number of hydrogen-bond acceptors (Lipinski definition) is 3. The van der Waals surface area contributed by atoms with Crippen LogP contribution in [-0.2, 0) is 15.6 Å². The maximum absolute atomic E-state index is 12.1. The van der Waals surface area contributed by atoms with E-state index >= 15 is 0 Å². The monoisotopic (exact) mass is 491 g/mol. The van der Waals surface area contributed by atoms with Crippen LogP contribution in [-0.4, -0.2) is 37.5 Å². The van der Waals surface area contributed by atoms with Gasteiger partial charge in [-0.1, -0.05) is 62.4 Å². The SMILES string of the molecule is COC(=O)c1ccc(C(=CC2=[N+](C)c3ccccc3C2(C)C)C=C2N(C)c3ccccc3C2(C)C)cc1. The minimum atomic E-state index is -0.330. The number of esters is 1. The number of hydrogen-bond donors (Lipinski definition) is 0. The fraction of sp³-hybridized carbons (Fsp3) is 0.273. The first-order valence-corrected chi connectivity index (χ1v) is 12.7. The van der Waals surface area contributed by atoms with Crippen molar-refractivity contribution in [3.8, 4) is 0 Å². The molecule has 2 aliphatic rings. The molecular weight excluding hydrogens is 456 g/mol. The zero-order valence-electron chi connectivity index (χ0n) is 22.8. The summed E-state index contributed by atoms with van der Waals surface area (Å²) < 4.78 is 7.22. The summed E-state index contributed by atoms with van der Waals surface area (Å²) in [4.78, 5) is 14.4. The summed E-state index contributed by atoms with van der Waals surface area (Å²) in [6.07, 6.45) is 4.63. The van der Waals surface area contributed by atoms with Gasteiger partial charge >= 0.3 is 5.97 Å². The van der Waals surface area contributed by atoms with Gasteiger partial charge in [-0.3, -0.25) is 0 Å². The predicted molar refractivity (Wildman–Crippen MR) is 152 cm³/mol. The molecular formula is C33H35N2O2+. The highest BCUT2D eigenvalue weighted by molar-refractivity contribution is 6.08. The van der Waals surface area contributed by atoms with Gasteiger partial charge in [-0.15, -0.1) is 0 Å². The molecule has 0 radical (unpaired) electrons. The summed E-state index contributed by atoms with van der Waals surface area (Å²) in [5.41, 5.74) is 9.96. The Balaban J connectivity index is 1.70. The molecule has 37 heavy (non-hydrogen) atoms. The number of carbonyl (C=O) groups is 1. The van der Waals surface area contributed by atoms with Gasteiger partial charge in [0.2, 0.25) is 5.69 Å². The summed E-state index contributed by atoms with van der Waals surface area (Å²) in [6, 6.07) is 25.0. The summed E-state index contributed by atoms with van der Waals surface area (Å²) in [5, 5.41) is 0. The molecule has 2 aliphatic heterocycles. The number of rotatable bonds is 4. The van der Waals surface area contributed by atoms with Crippen LogP contribution < -0.4 is 4.90 Å². The zero-order valence-corrected chi connectivity index (χ0v) is 22.8. The molecule has 0 bridgehead atoms. The molecule has 0 unspecified atom stereocenters. The molecule has 4 nitrogen and oxygen atoms in total. The van der Waals surface area contributed by atoms with Gasteiger partial charge in [0, 0.05) is 41.6 Å². The van der Waals surface area contributed by atoms with E-state index in [0.717, 1.165) is 11.1 Å². The average molecular weight is 492 g/mol. The minimum Gasteiger partial charge on any atom is -0.465 e. The van der Waals surface area contributed by atoms with E-state index in [9.17, 15) is 4.79 Å². The smallest absolute Gasteiger partial charge is 0.337 e. The Morgan fingerprint density at radius 3 is 2.05 bits per heavy atom. The number of anilines is 1. The third-order valence-corrected chi connectivity index (χ3v) is 8.10. The highest BCUT2D eigenvalue weighted by Crippen LogP contribution is 2.48. The predicted octanol–water partition coefficient (Wildman–Crippen LogP) is 6.87. The lowest BCUT2D eigenvalue weighted by Gasteiger charge is -2.25. The molecule has 0 aliphatic carbocycles. The van der Waals surface area contributed by atoms with Crippen LogP contribution in [0.4, 0.5) is 11.4 Å². The minimum absolute atomic E-state index is 0.152. The van der Waals surface area contributed by atoms with Crippen molar-refractivity contribution in [3.63, 3.8) is 0 Å². The second-order valence-electron chi connectivity index (χ2n) is 11.0. The topological polar surface area (TPSA) is 32.6 Å². The van der Waals surface area contributed by atoms with Crippen LogP contribution in [0.5, 0.6) is 0 Å². The Labute approximate surface area is 220 Å². The zero-order chi connectivity index (χ0) is 26.5. The highest BCUT2D eigenvalue weighted by atomic mass is 16.5. The molecule has 5 rings (SSSR count). The number of ether oxygens (including phenoxy) is 1. The normalized spacial score (nSPS) is 18.7. The maximum atomic E-state index is 12.1. The van der Waals surface area contributed by atoms with E-state index in [0.29, 0.717) is 5.56 Å². The number of allylic oxidation sites excluding steroid dienone is 4. The standard InChI is InChI=1S/C33H35N2O2/c1-32(2)25-12-8-10-14-27(25)34(5)29(32)20-24(22-16-18-23(19-17-22)31(36)37-7)21-30-33(3,4)26-13-9-11-15-28(26)35(30)6/h8-21H,1-7H3/q+1. The fourth-order valence-corrected chi connectivity index (χ4v) is 5.94. The van der Waals surface area contributed by atoms with E-state index in [-0.39, 0.29) is 16.8 Å². The summed E-state index contributed by atoms with van der Waals surface area (Å²) in [6.45, 7) is 9.14. The van der Waals surface area contributed by atoms with Crippen molar-refractivity contribution >= 4 is 28.6 Å². The van der Waals surface area contributed by atoms with Gasteiger partial charge in [-0.25, -0.2) is 4.79 Å². The Morgan fingerprint density at radius 2 is 1.43 bits per heavy atom. The number of methoxy groups -OCH3 is 1. The van der Waals surface area contributed by atoms with Crippen molar-refractivity contribution in [1.29, 1.82) is 0 Å².